The van der Waals surface area contributed by atoms with Gasteiger partial charge in [-0.05, 0) is 5.92 Å². The van der Waals surface area contributed by atoms with Gasteiger partial charge < -0.3 is 15.2 Å². The first kappa shape index (κ1) is 13.4. The zero-order valence-corrected chi connectivity index (χ0v) is 9.87. The minimum atomic E-state index is -1.44. The lowest BCUT2D eigenvalue weighted by Gasteiger charge is -2.29. The van der Waals surface area contributed by atoms with Crippen molar-refractivity contribution >= 4 is 5.97 Å². The first-order valence-electron chi connectivity index (χ1n) is 5.63. The summed E-state index contributed by atoms with van der Waals surface area (Å²) < 4.78 is 24.0. The zero-order chi connectivity index (χ0) is 12.2. The average molecular weight is 233 g/mol. The monoisotopic (exact) mass is 233 g/mol. The molecule has 1 fully saturated rings. The van der Waals surface area contributed by atoms with Crippen LogP contribution in [-0.4, -0.2) is 37.5 Å². The van der Waals surface area contributed by atoms with Crippen molar-refractivity contribution in [3.8, 4) is 0 Å². The van der Waals surface area contributed by atoms with Gasteiger partial charge in [-0.1, -0.05) is 13.8 Å². The minimum Gasteiger partial charge on any atom is -0.461 e. The van der Waals surface area contributed by atoms with Crippen molar-refractivity contribution in [2.75, 3.05) is 19.8 Å². The Morgan fingerprint density at radius 2 is 2.06 bits per heavy atom. The maximum absolute atomic E-state index is 14.0. The molecule has 1 aliphatic heterocycles. The molecule has 5 heteroatoms. The van der Waals surface area contributed by atoms with Crippen LogP contribution in [0.4, 0.5) is 4.39 Å². The lowest BCUT2D eigenvalue weighted by molar-refractivity contribution is -0.153. The number of nitrogens with two attached hydrogens (primary N) is 1. The molecule has 1 unspecified atom stereocenters. The number of hydrogen-bond acceptors (Lipinski definition) is 4. The summed E-state index contributed by atoms with van der Waals surface area (Å²) >= 11 is 0. The number of esters is 1. The van der Waals surface area contributed by atoms with E-state index < -0.39 is 17.7 Å². The number of alkyl halides is 1. The highest BCUT2D eigenvalue weighted by atomic mass is 19.1. The van der Waals surface area contributed by atoms with Gasteiger partial charge in [0, 0.05) is 26.1 Å². The predicted molar refractivity (Wildman–Crippen MR) is 57.7 cm³/mol. The molecule has 1 saturated heterocycles. The molecule has 0 amide bonds. The van der Waals surface area contributed by atoms with Crippen LogP contribution >= 0.6 is 0 Å². The Hall–Kier alpha value is -0.680. The highest BCUT2D eigenvalue weighted by Crippen LogP contribution is 2.25. The Balaban J connectivity index is 2.35. The third-order valence-electron chi connectivity index (χ3n) is 2.85. The predicted octanol–water partition coefficient (Wildman–Crippen LogP) is 1.03. The van der Waals surface area contributed by atoms with Crippen LogP contribution < -0.4 is 5.73 Å². The molecule has 94 valence electrons. The van der Waals surface area contributed by atoms with Gasteiger partial charge in [-0.25, -0.2) is 4.39 Å². The van der Waals surface area contributed by atoms with Crippen LogP contribution in [0.2, 0.25) is 0 Å². The number of rotatable bonds is 4. The van der Waals surface area contributed by atoms with E-state index in [-0.39, 0.29) is 25.4 Å². The van der Waals surface area contributed by atoms with Crippen LogP contribution in [0, 0.1) is 5.92 Å². The van der Waals surface area contributed by atoms with Crippen molar-refractivity contribution in [3.63, 3.8) is 0 Å². The molecule has 1 heterocycles. The van der Waals surface area contributed by atoms with Gasteiger partial charge in [0.1, 0.15) is 18.3 Å². The third-order valence-corrected chi connectivity index (χ3v) is 2.85. The second-order valence-electron chi connectivity index (χ2n) is 4.64. The smallest absolute Gasteiger partial charge is 0.323 e. The Labute approximate surface area is 95.3 Å². The number of halogens is 1. The fourth-order valence-electron chi connectivity index (χ4n) is 1.45. The van der Waals surface area contributed by atoms with E-state index in [4.69, 9.17) is 15.2 Å². The Morgan fingerprint density at radius 3 is 2.56 bits per heavy atom. The molecule has 16 heavy (non-hydrogen) atoms. The normalized spacial score (nSPS) is 21.8. The molecular formula is C11H20FNO3. The number of carbonyl (C=O) groups is 1. The number of ether oxygens (including phenoxy) is 2. The summed E-state index contributed by atoms with van der Waals surface area (Å²) in [6, 6.07) is -0.677. The van der Waals surface area contributed by atoms with Gasteiger partial charge in [0.25, 0.3) is 0 Å². The Kier molecular flexibility index (Phi) is 4.68. The van der Waals surface area contributed by atoms with E-state index in [1.54, 1.807) is 0 Å². The molecule has 1 rings (SSSR count). The van der Waals surface area contributed by atoms with Crippen LogP contribution in [0.15, 0.2) is 0 Å². The molecule has 4 nitrogen and oxygen atoms in total. The fraction of sp³-hybridized carbons (Fsp3) is 0.909. The van der Waals surface area contributed by atoms with Crippen LogP contribution in [0.25, 0.3) is 0 Å². The highest BCUT2D eigenvalue weighted by Gasteiger charge is 2.34. The average Bonchev–Trinajstić information content (AvgIpc) is 2.26. The molecule has 0 spiro atoms. The maximum Gasteiger partial charge on any atom is 0.323 e. The van der Waals surface area contributed by atoms with Crippen molar-refractivity contribution in [2.45, 2.75) is 38.4 Å². The summed E-state index contributed by atoms with van der Waals surface area (Å²) in [5.74, 6) is -0.531. The standard InChI is InChI=1S/C11H20FNO3/c1-8(2)9(13)10(14)16-7-11(12)3-5-15-6-4-11/h8-9H,3-7,13H2,1-2H3. The van der Waals surface area contributed by atoms with Gasteiger partial charge in [-0.2, -0.15) is 0 Å². The van der Waals surface area contributed by atoms with E-state index >= 15 is 0 Å². The zero-order valence-electron chi connectivity index (χ0n) is 9.87. The number of carbonyl (C=O) groups excluding carboxylic acids is 1. The summed E-state index contributed by atoms with van der Waals surface area (Å²) in [7, 11) is 0. The molecule has 2 N–H and O–H groups in total. The van der Waals surface area contributed by atoms with Crippen molar-refractivity contribution in [2.24, 2.45) is 11.7 Å². The molecule has 0 aromatic rings. The summed E-state index contributed by atoms with van der Waals surface area (Å²) in [4.78, 5) is 11.4. The van der Waals surface area contributed by atoms with Crippen molar-refractivity contribution in [1.29, 1.82) is 0 Å². The van der Waals surface area contributed by atoms with E-state index in [0.29, 0.717) is 13.2 Å². The van der Waals surface area contributed by atoms with Crippen molar-refractivity contribution < 1.29 is 18.7 Å². The highest BCUT2D eigenvalue weighted by molar-refractivity contribution is 5.75. The topological polar surface area (TPSA) is 61.6 Å². The van der Waals surface area contributed by atoms with Gasteiger partial charge in [-0.3, -0.25) is 4.79 Å². The second-order valence-corrected chi connectivity index (χ2v) is 4.64. The van der Waals surface area contributed by atoms with Gasteiger partial charge in [-0.15, -0.1) is 0 Å². The third kappa shape index (κ3) is 3.72. The van der Waals surface area contributed by atoms with E-state index in [1.165, 1.54) is 0 Å². The first-order valence-corrected chi connectivity index (χ1v) is 5.63. The fourth-order valence-corrected chi connectivity index (χ4v) is 1.45. The molecule has 0 saturated carbocycles. The van der Waals surface area contributed by atoms with Crippen LogP contribution in [0.1, 0.15) is 26.7 Å². The van der Waals surface area contributed by atoms with E-state index in [0.717, 1.165) is 0 Å². The second kappa shape index (κ2) is 5.59. The maximum atomic E-state index is 14.0. The van der Waals surface area contributed by atoms with Crippen molar-refractivity contribution in [3.05, 3.63) is 0 Å². The largest absolute Gasteiger partial charge is 0.461 e. The summed E-state index contributed by atoms with van der Waals surface area (Å²) in [6.45, 7) is 4.20. The van der Waals surface area contributed by atoms with Crippen molar-refractivity contribution in [1.82, 2.24) is 0 Å². The van der Waals surface area contributed by atoms with E-state index in [9.17, 15) is 9.18 Å². The molecule has 1 aliphatic rings. The molecule has 1 atom stereocenters. The van der Waals surface area contributed by atoms with Crippen LogP contribution in [0.5, 0.6) is 0 Å². The Bertz CT molecular complexity index is 239. The summed E-state index contributed by atoms with van der Waals surface area (Å²) in [5, 5.41) is 0. The SMILES string of the molecule is CC(C)C(N)C(=O)OCC1(F)CCOCC1. The van der Waals surface area contributed by atoms with Gasteiger partial charge >= 0.3 is 5.97 Å². The van der Waals surface area contributed by atoms with E-state index in [2.05, 4.69) is 0 Å². The van der Waals surface area contributed by atoms with Crippen LogP contribution in [-0.2, 0) is 14.3 Å². The minimum absolute atomic E-state index is 0.00208. The Morgan fingerprint density at radius 1 is 1.50 bits per heavy atom. The first-order chi connectivity index (χ1) is 7.44. The molecular weight excluding hydrogens is 213 g/mol. The molecule has 0 aromatic carbocycles. The lowest BCUT2D eigenvalue weighted by atomic mass is 9.97. The van der Waals surface area contributed by atoms with Gasteiger partial charge in [0.2, 0.25) is 0 Å². The molecule has 0 aromatic heterocycles. The van der Waals surface area contributed by atoms with Gasteiger partial charge in [0.05, 0.1) is 0 Å². The van der Waals surface area contributed by atoms with Gasteiger partial charge in [0.15, 0.2) is 0 Å². The van der Waals surface area contributed by atoms with Crippen LogP contribution in [0.3, 0.4) is 0 Å². The molecule has 0 aliphatic carbocycles. The molecule has 0 bridgehead atoms. The summed E-state index contributed by atoms with van der Waals surface area (Å²) in [5.41, 5.74) is 4.16. The summed E-state index contributed by atoms with van der Waals surface area (Å²) in [6.07, 6.45) is 0.550. The quantitative estimate of drug-likeness (QED) is 0.737. The molecule has 0 radical (unpaired) electrons. The number of hydrogen-bond donors (Lipinski definition) is 1. The lowest BCUT2D eigenvalue weighted by Crippen LogP contribution is -2.42. The van der Waals surface area contributed by atoms with E-state index in [1.807, 2.05) is 13.8 Å².